The predicted octanol–water partition coefficient (Wildman–Crippen LogP) is 18.5. The van der Waals surface area contributed by atoms with E-state index in [1.165, 1.54) is 116 Å². The maximum atomic E-state index is 12.8. The molecule has 0 rings (SSSR count). The van der Waals surface area contributed by atoms with Crippen LogP contribution in [0.25, 0.3) is 0 Å². The van der Waals surface area contributed by atoms with Crippen molar-refractivity contribution in [3.05, 3.63) is 85.1 Å². The number of unbranched alkanes of at least 4 members (excludes halogenated alkanes) is 24. The maximum absolute atomic E-state index is 12.8. The van der Waals surface area contributed by atoms with Crippen molar-refractivity contribution in [1.29, 1.82) is 0 Å². The summed E-state index contributed by atoms with van der Waals surface area (Å²) in [5.41, 5.74) is 0. The molecule has 1 atom stereocenters. The average Bonchev–Trinajstić information content (AvgIpc) is 3.30. The van der Waals surface area contributed by atoms with E-state index >= 15 is 0 Å². The van der Waals surface area contributed by atoms with Crippen molar-refractivity contribution in [2.75, 3.05) is 19.8 Å². The highest BCUT2D eigenvalue weighted by molar-refractivity contribution is 5.70. The van der Waals surface area contributed by atoms with Gasteiger partial charge in [-0.2, -0.15) is 0 Å². The molecule has 368 valence electrons. The predicted molar refractivity (Wildman–Crippen MR) is 279 cm³/mol. The van der Waals surface area contributed by atoms with Gasteiger partial charge in [0.25, 0.3) is 0 Å². The molecule has 64 heavy (non-hydrogen) atoms. The minimum atomic E-state index is -0.559. The highest BCUT2D eigenvalue weighted by Crippen LogP contribution is 2.15. The van der Waals surface area contributed by atoms with Crippen LogP contribution in [0.5, 0.6) is 0 Å². The van der Waals surface area contributed by atoms with Crippen LogP contribution in [-0.4, -0.2) is 37.9 Å². The fourth-order valence-corrected chi connectivity index (χ4v) is 7.40. The zero-order valence-corrected chi connectivity index (χ0v) is 42.3. The topological polar surface area (TPSA) is 61.8 Å². The summed E-state index contributed by atoms with van der Waals surface area (Å²) in [7, 11) is 0. The van der Waals surface area contributed by atoms with Gasteiger partial charge in [0.2, 0.25) is 0 Å². The molecular formula is C59H102O5. The summed E-state index contributed by atoms with van der Waals surface area (Å²) >= 11 is 0. The Morgan fingerprint density at radius 1 is 0.359 bits per heavy atom. The zero-order chi connectivity index (χ0) is 46.3. The number of esters is 2. The van der Waals surface area contributed by atoms with Crippen LogP contribution >= 0.6 is 0 Å². The van der Waals surface area contributed by atoms with Crippen LogP contribution in [-0.2, 0) is 23.8 Å². The van der Waals surface area contributed by atoms with Crippen molar-refractivity contribution in [3.8, 4) is 0 Å². The minimum absolute atomic E-state index is 0.0679. The largest absolute Gasteiger partial charge is 0.462 e. The van der Waals surface area contributed by atoms with Crippen LogP contribution in [0.15, 0.2) is 85.1 Å². The lowest BCUT2D eigenvalue weighted by molar-refractivity contribution is -0.163. The lowest BCUT2D eigenvalue weighted by atomic mass is 10.0. The molecule has 0 radical (unpaired) electrons. The molecule has 0 bridgehead atoms. The van der Waals surface area contributed by atoms with Gasteiger partial charge in [-0.3, -0.25) is 9.59 Å². The first-order valence-electron chi connectivity index (χ1n) is 27.1. The molecular weight excluding hydrogens is 789 g/mol. The molecule has 0 aromatic carbocycles. The van der Waals surface area contributed by atoms with Gasteiger partial charge in [-0.05, 0) is 89.9 Å². The monoisotopic (exact) mass is 891 g/mol. The van der Waals surface area contributed by atoms with E-state index in [0.717, 1.165) is 103 Å². The Hall–Kier alpha value is -2.92. The summed E-state index contributed by atoms with van der Waals surface area (Å²) in [4.78, 5) is 25.4. The molecule has 0 amide bonds. The van der Waals surface area contributed by atoms with Gasteiger partial charge in [0, 0.05) is 19.4 Å². The molecule has 1 unspecified atom stereocenters. The molecule has 0 aromatic rings. The first kappa shape index (κ1) is 61.1. The Kier molecular flexibility index (Phi) is 51.9. The Labute approximate surface area is 397 Å². The van der Waals surface area contributed by atoms with Gasteiger partial charge in [0.1, 0.15) is 6.61 Å². The fourth-order valence-electron chi connectivity index (χ4n) is 7.40. The van der Waals surface area contributed by atoms with E-state index in [2.05, 4.69) is 106 Å². The summed E-state index contributed by atoms with van der Waals surface area (Å²) in [6, 6.07) is 0. The van der Waals surface area contributed by atoms with Crippen LogP contribution in [0.3, 0.4) is 0 Å². The third-order valence-electron chi connectivity index (χ3n) is 11.4. The van der Waals surface area contributed by atoms with Crippen molar-refractivity contribution in [1.82, 2.24) is 0 Å². The van der Waals surface area contributed by atoms with Crippen molar-refractivity contribution >= 4 is 11.9 Å². The molecule has 0 aliphatic rings. The quantitative estimate of drug-likeness (QED) is 0.0346. The number of hydrogen-bond acceptors (Lipinski definition) is 5. The fraction of sp³-hybridized carbons (Fsp3) is 0.729. The number of hydrogen-bond donors (Lipinski definition) is 0. The molecule has 0 aromatic heterocycles. The minimum Gasteiger partial charge on any atom is -0.462 e. The number of rotatable bonds is 49. The summed E-state index contributed by atoms with van der Waals surface area (Å²) < 4.78 is 17.4. The molecule has 5 nitrogen and oxygen atoms in total. The summed E-state index contributed by atoms with van der Waals surface area (Å²) in [5.74, 6) is -0.424. The van der Waals surface area contributed by atoms with Crippen LogP contribution in [0.2, 0.25) is 0 Å². The summed E-state index contributed by atoms with van der Waals surface area (Å²) in [6.07, 6.45) is 71.7. The summed E-state index contributed by atoms with van der Waals surface area (Å²) in [5, 5.41) is 0. The van der Waals surface area contributed by atoms with Crippen LogP contribution in [0.1, 0.15) is 252 Å². The lowest BCUT2D eigenvalue weighted by Gasteiger charge is -2.18. The van der Waals surface area contributed by atoms with E-state index in [1.54, 1.807) is 0 Å². The van der Waals surface area contributed by atoms with E-state index in [1.807, 2.05) is 0 Å². The Bertz CT molecular complexity index is 1190. The van der Waals surface area contributed by atoms with Gasteiger partial charge in [-0.25, -0.2) is 0 Å². The third kappa shape index (κ3) is 51.7. The molecule has 0 heterocycles. The van der Waals surface area contributed by atoms with E-state index in [9.17, 15) is 9.59 Å². The van der Waals surface area contributed by atoms with Crippen LogP contribution in [0.4, 0.5) is 0 Å². The maximum Gasteiger partial charge on any atom is 0.306 e. The SMILES string of the molecule is CC/C=C\C/C=C\C/C=C\C/C=C\C/C=C\CCCCCCOCC(COC(=O)CCCCCCCCCCCCCCCCC)OC(=O)CCCCCCC/C=C\C/C=C\CCC. The number of ether oxygens (including phenoxy) is 3. The van der Waals surface area contributed by atoms with E-state index < -0.39 is 6.10 Å². The Balaban J connectivity index is 4.32. The van der Waals surface area contributed by atoms with Crippen molar-refractivity contribution in [2.24, 2.45) is 0 Å². The standard InChI is InChI=1S/C59H102O5/c1-4-7-10-13-16-19-22-25-27-28-29-30-31-33-36-39-42-45-48-51-54-62-55-57(64-59(61)53-50-47-44-41-38-34-24-21-18-15-12-9-6-3)56-63-58(60)52-49-46-43-40-37-35-32-26-23-20-17-14-11-8-5-2/h7,10,12,15-16,19,21,24-25,27,29-30,33,36,57H,4-6,8-9,11,13-14,17-18,20,22-23,26,28,31-32,34-35,37-56H2,1-3H3/b10-7-,15-12-,19-16-,24-21-,27-25-,30-29-,36-33-. The van der Waals surface area contributed by atoms with Gasteiger partial charge in [-0.15, -0.1) is 0 Å². The first-order chi connectivity index (χ1) is 31.6. The van der Waals surface area contributed by atoms with E-state index in [0.29, 0.717) is 19.4 Å². The average molecular weight is 891 g/mol. The number of allylic oxidation sites excluding steroid dienone is 14. The highest BCUT2D eigenvalue weighted by Gasteiger charge is 2.17. The third-order valence-corrected chi connectivity index (χ3v) is 11.4. The van der Waals surface area contributed by atoms with Crippen molar-refractivity contribution in [2.45, 2.75) is 258 Å². The zero-order valence-electron chi connectivity index (χ0n) is 42.3. The molecule has 0 saturated carbocycles. The smallest absolute Gasteiger partial charge is 0.306 e. The Morgan fingerprint density at radius 2 is 0.734 bits per heavy atom. The van der Waals surface area contributed by atoms with Gasteiger partial charge in [0.15, 0.2) is 6.10 Å². The highest BCUT2D eigenvalue weighted by atomic mass is 16.6. The van der Waals surface area contributed by atoms with Crippen molar-refractivity contribution < 1.29 is 23.8 Å². The van der Waals surface area contributed by atoms with Gasteiger partial charge in [-0.1, -0.05) is 234 Å². The summed E-state index contributed by atoms with van der Waals surface area (Å²) in [6.45, 7) is 7.60. The van der Waals surface area contributed by atoms with E-state index in [-0.39, 0.29) is 25.2 Å². The second-order valence-corrected chi connectivity index (χ2v) is 17.8. The van der Waals surface area contributed by atoms with Gasteiger partial charge < -0.3 is 14.2 Å². The molecule has 0 fully saturated rings. The van der Waals surface area contributed by atoms with E-state index in [4.69, 9.17) is 14.2 Å². The molecule has 0 saturated heterocycles. The number of carbonyl (C=O) groups excluding carboxylic acids is 2. The van der Waals surface area contributed by atoms with Crippen LogP contribution < -0.4 is 0 Å². The lowest BCUT2D eigenvalue weighted by Crippen LogP contribution is -2.30. The first-order valence-corrected chi connectivity index (χ1v) is 27.1. The van der Waals surface area contributed by atoms with Crippen molar-refractivity contribution in [3.63, 3.8) is 0 Å². The normalized spacial score (nSPS) is 12.9. The molecule has 5 heteroatoms. The second kappa shape index (κ2) is 54.4. The van der Waals surface area contributed by atoms with Crippen LogP contribution in [0, 0.1) is 0 Å². The number of carbonyl (C=O) groups is 2. The second-order valence-electron chi connectivity index (χ2n) is 17.8. The molecule has 0 spiro atoms. The molecule has 0 aliphatic carbocycles. The van der Waals surface area contributed by atoms with Gasteiger partial charge >= 0.3 is 11.9 Å². The Morgan fingerprint density at radius 3 is 1.19 bits per heavy atom. The molecule has 0 N–H and O–H groups in total. The molecule has 0 aliphatic heterocycles. The van der Waals surface area contributed by atoms with Gasteiger partial charge in [0.05, 0.1) is 6.61 Å².